The van der Waals surface area contributed by atoms with Gasteiger partial charge in [-0.1, -0.05) is 61.7 Å². The average Bonchev–Trinajstić information content (AvgIpc) is 3.32. The summed E-state index contributed by atoms with van der Waals surface area (Å²) < 4.78 is 2.07. The first-order valence-corrected chi connectivity index (χ1v) is 13.6. The van der Waals surface area contributed by atoms with E-state index in [1.54, 1.807) is 24.5 Å². The summed E-state index contributed by atoms with van der Waals surface area (Å²) in [5.74, 6) is 0.900. The number of rotatable bonds is 10. The third-order valence-electron chi connectivity index (χ3n) is 7.36. The van der Waals surface area contributed by atoms with Crippen LogP contribution in [0, 0.1) is 0 Å². The largest absolute Gasteiger partial charge is 0.352 e. The van der Waals surface area contributed by atoms with Crippen molar-refractivity contribution in [1.29, 1.82) is 0 Å². The van der Waals surface area contributed by atoms with Crippen LogP contribution in [0.5, 0.6) is 0 Å². The van der Waals surface area contributed by atoms with Crippen molar-refractivity contribution in [2.24, 2.45) is 0 Å². The van der Waals surface area contributed by atoms with Gasteiger partial charge in [0.25, 0.3) is 5.91 Å². The molecule has 0 radical (unpaired) electrons. The molecule has 1 fully saturated rings. The minimum Gasteiger partial charge on any atom is -0.352 e. The number of fused-ring (bicyclic) bond motifs is 1. The van der Waals surface area contributed by atoms with Gasteiger partial charge in [0.15, 0.2) is 0 Å². The lowest BCUT2D eigenvalue weighted by atomic mass is 9.93. The van der Waals surface area contributed by atoms with E-state index in [-0.39, 0.29) is 24.4 Å². The number of carbonyl (C=O) groups is 2. The molecule has 1 saturated carbocycles. The summed E-state index contributed by atoms with van der Waals surface area (Å²) in [6.45, 7) is 1.43. The molecule has 2 aromatic heterocycles. The van der Waals surface area contributed by atoms with Crippen LogP contribution < -0.4 is 5.32 Å². The van der Waals surface area contributed by atoms with E-state index < -0.39 is 0 Å². The first-order valence-electron chi connectivity index (χ1n) is 13.6. The number of benzene rings is 2. The molecule has 196 valence electrons. The molecule has 0 saturated heterocycles. The Balaban J connectivity index is 1.30. The number of hydrogen-bond acceptors (Lipinski definition) is 4. The highest BCUT2D eigenvalue weighted by atomic mass is 16.2. The Hall–Kier alpha value is -4.00. The van der Waals surface area contributed by atoms with Gasteiger partial charge in [-0.05, 0) is 49.1 Å². The summed E-state index contributed by atoms with van der Waals surface area (Å²) in [4.78, 5) is 37.2. The van der Waals surface area contributed by atoms with Crippen LogP contribution in [0.15, 0.2) is 79.1 Å². The predicted molar refractivity (Wildman–Crippen MR) is 148 cm³/mol. The van der Waals surface area contributed by atoms with Gasteiger partial charge < -0.3 is 14.8 Å². The second kappa shape index (κ2) is 12.5. The number of carbonyl (C=O) groups excluding carboxylic acids is 2. The fraction of sp³-hybridized carbons (Fsp3) is 0.355. The molecular weight excluding hydrogens is 474 g/mol. The molecule has 5 rings (SSSR count). The Labute approximate surface area is 223 Å². The van der Waals surface area contributed by atoms with Gasteiger partial charge in [-0.3, -0.25) is 14.6 Å². The predicted octanol–water partition coefficient (Wildman–Crippen LogP) is 5.16. The zero-order valence-corrected chi connectivity index (χ0v) is 21.8. The molecule has 0 spiro atoms. The van der Waals surface area contributed by atoms with Gasteiger partial charge >= 0.3 is 0 Å². The molecule has 1 aliphatic carbocycles. The summed E-state index contributed by atoms with van der Waals surface area (Å²) in [6, 6.07) is 22.0. The third-order valence-corrected chi connectivity index (χ3v) is 7.36. The molecule has 7 nitrogen and oxygen atoms in total. The fourth-order valence-corrected chi connectivity index (χ4v) is 5.37. The fourth-order valence-electron chi connectivity index (χ4n) is 5.37. The number of pyridine rings is 1. The molecule has 0 bridgehead atoms. The minimum atomic E-state index is -0.111. The van der Waals surface area contributed by atoms with Crippen molar-refractivity contribution in [2.75, 3.05) is 6.54 Å². The van der Waals surface area contributed by atoms with E-state index in [4.69, 9.17) is 4.98 Å². The first-order chi connectivity index (χ1) is 18.7. The normalized spacial score (nSPS) is 13.9. The van der Waals surface area contributed by atoms with Gasteiger partial charge in [0.2, 0.25) is 5.91 Å². The van der Waals surface area contributed by atoms with Crippen molar-refractivity contribution in [1.82, 2.24) is 24.8 Å². The SMILES string of the molecule is O=C(NCCCc1nc2ccccc2n1CC(=O)N(Cc1ccccc1)C1CCCCC1)c1ccncc1. The number of nitrogens with one attached hydrogen (secondary N) is 1. The molecule has 4 aromatic rings. The quantitative estimate of drug-likeness (QED) is 0.300. The van der Waals surface area contributed by atoms with Gasteiger partial charge in [-0.15, -0.1) is 0 Å². The van der Waals surface area contributed by atoms with E-state index in [9.17, 15) is 9.59 Å². The lowest BCUT2D eigenvalue weighted by Gasteiger charge is -2.35. The maximum absolute atomic E-state index is 13.9. The molecule has 2 heterocycles. The number of nitrogens with zero attached hydrogens (tertiary/aromatic N) is 4. The standard InChI is InChI=1S/C31H35N5O2/c37-30(35(26-12-5-2-6-13-26)22-24-10-3-1-4-11-24)23-36-28-15-8-7-14-27(28)34-29(36)16-9-19-33-31(38)25-17-20-32-21-18-25/h1,3-4,7-8,10-11,14-15,17-18,20-21,26H,2,5-6,9,12-13,16,19,22-23H2,(H,33,38). The summed E-state index contributed by atoms with van der Waals surface area (Å²) in [5.41, 5.74) is 3.62. The van der Waals surface area contributed by atoms with Crippen LogP contribution in [0.25, 0.3) is 11.0 Å². The summed E-state index contributed by atoms with van der Waals surface area (Å²) in [5, 5.41) is 2.97. The van der Waals surface area contributed by atoms with Crippen LogP contribution in [0.3, 0.4) is 0 Å². The second-order valence-corrected chi connectivity index (χ2v) is 10.00. The van der Waals surface area contributed by atoms with Crippen molar-refractivity contribution in [3.63, 3.8) is 0 Å². The molecule has 0 aliphatic heterocycles. The van der Waals surface area contributed by atoms with Gasteiger partial charge in [0.05, 0.1) is 11.0 Å². The van der Waals surface area contributed by atoms with Crippen molar-refractivity contribution < 1.29 is 9.59 Å². The first kappa shape index (κ1) is 25.6. The lowest BCUT2D eigenvalue weighted by Crippen LogP contribution is -2.42. The number of aromatic nitrogens is 3. The molecule has 1 N–H and O–H groups in total. The molecule has 0 atom stereocenters. The van der Waals surface area contributed by atoms with E-state index in [1.165, 1.54) is 19.3 Å². The van der Waals surface area contributed by atoms with Crippen molar-refractivity contribution in [2.45, 2.75) is 64.1 Å². The highest BCUT2D eigenvalue weighted by molar-refractivity contribution is 5.93. The smallest absolute Gasteiger partial charge is 0.251 e. The van der Waals surface area contributed by atoms with E-state index in [0.29, 0.717) is 25.1 Å². The topological polar surface area (TPSA) is 80.1 Å². The Morgan fingerprint density at radius 2 is 1.66 bits per heavy atom. The molecule has 1 aliphatic rings. The van der Waals surface area contributed by atoms with Gasteiger partial charge in [-0.25, -0.2) is 4.98 Å². The maximum Gasteiger partial charge on any atom is 0.251 e. The van der Waals surface area contributed by atoms with Gasteiger partial charge in [0.1, 0.15) is 12.4 Å². The van der Waals surface area contributed by atoms with Crippen molar-refractivity contribution in [3.05, 3.63) is 96.1 Å². The number of aryl methyl sites for hydroxylation is 1. The molecule has 38 heavy (non-hydrogen) atoms. The van der Waals surface area contributed by atoms with E-state index in [2.05, 4.69) is 31.9 Å². The van der Waals surface area contributed by atoms with Crippen molar-refractivity contribution in [3.8, 4) is 0 Å². The van der Waals surface area contributed by atoms with E-state index >= 15 is 0 Å². The van der Waals surface area contributed by atoms with Crippen LogP contribution in [-0.4, -0.2) is 43.8 Å². The Kier molecular flexibility index (Phi) is 8.43. The molecule has 0 unspecified atom stereocenters. The number of hydrogen-bond donors (Lipinski definition) is 1. The summed E-state index contributed by atoms with van der Waals surface area (Å²) in [6.07, 6.45) is 10.3. The Morgan fingerprint density at radius 3 is 2.45 bits per heavy atom. The van der Waals surface area contributed by atoms with Crippen LogP contribution in [0.2, 0.25) is 0 Å². The van der Waals surface area contributed by atoms with Gasteiger partial charge in [-0.2, -0.15) is 0 Å². The summed E-state index contributed by atoms with van der Waals surface area (Å²) in [7, 11) is 0. The van der Waals surface area contributed by atoms with Crippen LogP contribution in [0.4, 0.5) is 0 Å². The third kappa shape index (κ3) is 6.28. The number of para-hydroxylation sites is 2. The van der Waals surface area contributed by atoms with Crippen LogP contribution >= 0.6 is 0 Å². The number of amides is 2. The average molecular weight is 510 g/mol. The highest BCUT2D eigenvalue weighted by Gasteiger charge is 2.27. The number of imidazole rings is 1. The molecular formula is C31H35N5O2. The zero-order chi connectivity index (χ0) is 26.2. The monoisotopic (exact) mass is 509 g/mol. The van der Waals surface area contributed by atoms with Crippen LogP contribution in [0.1, 0.15) is 60.3 Å². The Morgan fingerprint density at radius 1 is 0.921 bits per heavy atom. The van der Waals surface area contributed by atoms with E-state index in [1.807, 2.05) is 42.5 Å². The van der Waals surface area contributed by atoms with Crippen LogP contribution in [-0.2, 0) is 24.3 Å². The zero-order valence-electron chi connectivity index (χ0n) is 21.8. The summed E-state index contributed by atoms with van der Waals surface area (Å²) >= 11 is 0. The van der Waals surface area contributed by atoms with E-state index in [0.717, 1.165) is 41.7 Å². The molecule has 2 amide bonds. The second-order valence-electron chi connectivity index (χ2n) is 10.00. The Bertz CT molecular complexity index is 1350. The lowest BCUT2D eigenvalue weighted by molar-refractivity contribution is -0.135. The molecule has 7 heteroatoms. The highest BCUT2D eigenvalue weighted by Crippen LogP contribution is 2.25. The molecule has 2 aromatic carbocycles. The minimum absolute atomic E-state index is 0.111. The maximum atomic E-state index is 13.9. The van der Waals surface area contributed by atoms with Gasteiger partial charge in [0, 0.05) is 43.5 Å². The van der Waals surface area contributed by atoms with Crippen molar-refractivity contribution >= 4 is 22.8 Å².